The number of Topliss-reactive ketones (excluding diaryl/α,β-unsaturated/α-hetero) is 1. The minimum absolute atomic E-state index is 0.00411. The number of hydrogen-bond donors (Lipinski definition) is 1. The van der Waals surface area contributed by atoms with Crippen molar-refractivity contribution >= 4 is 55.3 Å². The Morgan fingerprint density at radius 1 is 1.10 bits per heavy atom. The van der Waals surface area contributed by atoms with Crippen LogP contribution in [0.5, 0.6) is 0 Å². The number of benzene rings is 2. The van der Waals surface area contributed by atoms with E-state index in [9.17, 15) is 9.59 Å². The van der Waals surface area contributed by atoms with Gasteiger partial charge in [0, 0.05) is 21.1 Å². The Labute approximate surface area is 195 Å². The Bertz CT molecular complexity index is 1070. The summed E-state index contributed by atoms with van der Waals surface area (Å²) < 4.78 is 3.48. The highest BCUT2D eigenvalue weighted by molar-refractivity contribution is 9.10. The number of carbonyl (C=O) groups is 2. The number of carbonyl (C=O) groups excluding carboxylic acids is 2. The maximum absolute atomic E-state index is 12.4. The third-order valence-electron chi connectivity index (χ3n) is 4.13. The van der Waals surface area contributed by atoms with Gasteiger partial charge in [-0.05, 0) is 40.2 Å². The van der Waals surface area contributed by atoms with Crippen LogP contribution < -0.4 is 5.32 Å². The number of thioether (sulfide) groups is 1. The molecule has 1 amide bonds. The lowest BCUT2D eigenvalue weighted by Gasteiger charge is -2.09. The van der Waals surface area contributed by atoms with E-state index in [1.54, 1.807) is 30.3 Å². The van der Waals surface area contributed by atoms with Gasteiger partial charge in [0.05, 0.1) is 17.9 Å². The Morgan fingerprint density at radius 3 is 2.53 bits per heavy atom. The summed E-state index contributed by atoms with van der Waals surface area (Å²) in [6, 6.07) is 14.4. The van der Waals surface area contributed by atoms with E-state index in [1.807, 2.05) is 28.8 Å². The van der Waals surface area contributed by atoms with Gasteiger partial charge >= 0.3 is 0 Å². The van der Waals surface area contributed by atoms with Gasteiger partial charge in [0.2, 0.25) is 0 Å². The number of aromatic nitrogens is 3. The molecule has 0 radical (unpaired) electrons. The highest BCUT2D eigenvalue weighted by Gasteiger charge is 2.16. The van der Waals surface area contributed by atoms with Crippen LogP contribution in [0.25, 0.3) is 0 Å². The highest BCUT2D eigenvalue weighted by atomic mass is 79.9. The minimum atomic E-state index is -0.213. The monoisotopic (exact) mass is 548 g/mol. The van der Waals surface area contributed by atoms with Gasteiger partial charge in [-0.1, -0.05) is 58.0 Å². The average Bonchev–Trinajstić information content (AvgIpc) is 3.13. The summed E-state index contributed by atoms with van der Waals surface area (Å²) in [5.74, 6) is 0.619. The van der Waals surface area contributed by atoms with E-state index in [1.165, 1.54) is 11.8 Å². The van der Waals surface area contributed by atoms with E-state index >= 15 is 0 Å². The molecule has 3 aromatic rings. The zero-order valence-electron chi connectivity index (χ0n) is 15.8. The fourth-order valence-corrected chi connectivity index (χ4v) is 4.21. The summed E-state index contributed by atoms with van der Waals surface area (Å²) in [6.45, 7) is 4.46. The smallest absolute Gasteiger partial charge is 0.252 e. The molecule has 3 rings (SSSR count). The van der Waals surface area contributed by atoms with Gasteiger partial charge < -0.3 is 9.88 Å². The second-order valence-electron chi connectivity index (χ2n) is 6.18. The third kappa shape index (κ3) is 5.68. The van der Waals surface area contributed by atoms with Crippen LogP contribution in [0.4, 0.5) is 0 Å². The Morgan fingerprint density at radius 2 is 1.83 bits per heavy atom. The number of halogens is 2. The fourth-order valence-electron chi connectivity index (χ4n) is 2.62. The van der Waals surface area contributed by atoms with Crippen molar-refractivity contribution in [2.24, 2.45) is 0 Å². The molecular weight excluding hydrogens is 532 g/mol. The molecule has 1 aromatic heterocycles. The number of hydrogen-bond acceptors (Lipinski definition) is 5. The summed E-state index contributed by atoms with van der Waals surface area (Å²) in [5, 5.41) is 11.8. The van der Waals surface area contributed by atoms with Crippen LogP contribution in [-0.2, 0) is 13.1 Å². The number of nitrogens with one attached hydrogen (secondary N) is 1. The average molecular weight is 550 g/mol. The van der Waals surface area contributed by atoms with Crippen molar-refractivity contribution in [1.82, 2.24) is 20.1 Å². The quantitative estimate of drug-likeness (QED) is 0.233. The Kier molecular flexibility index (Phi) is 8.01. The lowest BCUT2D eigenvalue weighted by atomic mass is 10.2. The number of amides is 1. The third-order valence-corrected chi connectivity index (χ3v) is 6.32. The summed E-state index contributed by atoms with van der Waals surface area (Å²) in [6.07, 6.45) is 1.73. The van der Waals surface area contributed by atoms with Crippen molar-refractivity contribution < 1.29 is 9.59 Å². The van der Waals surface area contributed by atoms with Gasteiger partial charge in [-0.3, -0.25) is 9.59 Å². The normalized spacial score (nSPS) is 10.6. The molecule has 0 saturated carbocycles. The standard InChI is InChI=1S/C21H18Br2N4O2S/c1-2-11-27-19(12-24-20(29)16-5-3-4-6-17(16)23)25-26-21(27)30-13-18(28)14-7-9-15(22)10-8-14/h2-10H,1,11-13H2,(H,24,29). The van der Waals surface area contributed by atoms with Crippen LogP contribution >= 0.6 is 43.6 Å². The van der Waals surface area contributed by atoms with Gasteiger partial charge in [0.1, 0.15) is 0 Å². The second kappa shape index (κ2) is 10.7. The van der Waals surface area contributed by atoms with E-state index in [4.69, 9.17) is 0 Å². The van der Waals surface area contributed by atoms with Crippen LogP contribution in [-0.4, -0.2) is 32.2 Å². The second-order valence-corrected chi connectivity index (χ2v) is 8.89. The van der Waals surface area contributed by atoms with E-state index in [0.29, 0.717) is 28.7 Å². The van der Waals surface area contributed by atoms with Crippen molar-refractivity contribution in [2.75, 3.05) is 5.75 Å². The number of ketones is 1. The van der Waals surface area contributed by atoms with Gasteiger partial charge in [-0.2, -0.15) is 0 Å². The molecule has 154 valence electrons. The van der Waals surface area contributed by atoms with Crippen LogP contribution in [0.3, 0.4) is 0 Å². The minimum Gasteiger partial charge on any atom is -0.345 e. The van der Waals surface area contributed by atoms with Crippen molar-refractivity contribution in [3.8, 4) is 0 Å². The molecule has 1 heterocycles. The van der Waals surface area contributed by atoms with Crippen molar-refractivity contribution in [1.29, 1.82) is 0 Å². The maximum atomic E-state index is 12.4. The molecule has 0 aliphatic heterocycles. The number of allylic oxidation sites excluding steroid dienone is 1. The topological polar surface area (TPSA) is 76.9 Å². The summed E-state index contributed by atoms with van der Waals surface area (Å²) in [7, 11) is 0. The van der Waals surface area contributed by atoms with Gasteiger partial charge in [-0.15, -0.1) is 16.8 Å². The molecule has 0 fully saturated rings. The molecule has 2 aromatic carbocycles. The van der Waals surface area contributed by atoms with E-state index in [0.717, 1.165) is 8.95 Å². The van der Waals surface area contributed by atoms with Crippen LogP contribution in [0.15, 0.2) is 75.3 Å². The van der Waals surface area contributed by atoms with E-state index in [-0.39, 0.29) is 24.0 Å². The van der Waals surface area contributed by atoms with Crippen molar-refractivity contribution in [3.63, 3.8) is 0 Å². The first-order valence-electron chi connectivity index (χ1n) is 8.97. The molecule has 0 aliphatic rings. The molecule has 0 unspecified atom stereocenters. The lowest BCUT2D eigenvalue weighted by molar-refractivity contribution is 0.0948. The molecular formula is C21H18Br2N4O2S. The Balaban J connectivity index is 1.66. The van der Waals surface area contributed by atoms with Crippen LogP contribution in [0, 0.1) is 0 Å². The zero-order valence-corrected chi connectivity index (χ0v) is 19.8. The molecule has 0 aliphatic carbocycles. The molecule has 6 nitrogen and oxygen atoms in total. The van der Waals surface area contributed by atoms with E-state index in [2.05, 4.69) is 54.0 Å². The zero-order chi connectivity index (χ0) is 21.5. The molecule has 30 heavy (non-hydrogen) atoms. The predicted molar refractivity (Wildman–Crippen MR) is 125 cm³/mol. The first kappa shape index (κ1) is 22.5. The SMILES string of the molecule is C=CCn1c(CNC(=O)c2ccccc2Br)nnc1SCC(=O)c1ccc(Br)cc1. The first-order chi connectivity index (χ1) is 14.5. The van der Waals surface area contributed by atoms with Crippen LogP contribution in [0.1, 0.15) is 26.5 Å². The molecule has 0 atom stereocenters. The van der Waals surface area contributed by atoms with E-state index < -0.39 is 0 Å². The maximum Gasteiger partial charge on any atom is 0.252 e. The highest BCUT2D eigenvalue weighted by Crippen LogP contribution is 2.20. The molecule has 0 saturated heterocycles. The van der Waals surface area contributed by atoms with Crippen molar-refractivity contribution in [2.45, 2.75) is 18.2 Å². The van der Waals surface area contributed by atoms with Gasteiger partial charge in [0.15, 0.2) is 16.8 Å². The van der Waals surface area contributed by atoms with Gasteiger partial charge in [-0.25, -0.2) is 0 Å². The first-order valence-corrected chi connectivity index (χ1v) is 11.5. The summed E-state index contributed by atoms with van der Waals surface area (Å²) in [5.41, 5.74) is 1.18. The predicted octanol–water partition coefficient (Wildman–Crippen LogP) is 4.89. The number of rotatable bonds is 9. The Hall–Kier alpha value is -2.23. The fraction of sp³-hybridized carbons (Fsp3) is 0.143. The van der Waals surface area contributed by atoms with Crippen LogP contribution in [0.2, 0.25) is 0 Å². The summed E-state index contributed by atoms with van der Waals surface area (Å²) >= 11 is 8.05. The molecule has 0 bridgehead atoms. The molecule has 1 N–H and O–H groups in total. The summed E-state index contributed by atoms with van der Waals surface area (Å²) in [4.78, 5) is 24.9. The van der Waals surface area contributed by atoms with Gasteiger partial charge in [0.25, 0.3) is 5.91 Å². The van der Waals surface area contributed by atoms with Crippen molar-refractivity contribution in [3.05, 3.63) is 87.1 Å². The molecule has 0 spiro atoms. The lowest BCUT2D eigenvalue weighted by Crippen LogP contribution is -2.25. The molecule has 9 heteroatoms. The largest absolute Gasteiger partial charge is 0.345 e. The number of nitrogens with zero attached hydrogens (tertiary/aromatic N) is 3.